The topological polar surface area (TPSA) is 52.6 Å². The lowest BCUT2D eigenvalue weighted by Crippen LogP contribution is -2.46. The Morgan fingerprint density at radius 3 is 2.90 bits per heavy atom. The zero-order valence-electron chi connectivity index (χ0n) is 12.4. The van der Waals surface area contributed by atoms with Gasteiger partial charge in [-0.15, -0.1) is 0 Å². The lowest BCUT2D eigenvalue weighted by atomic mass is 10.0. The molecule has 1 heterocycles. The van der Waals surface area contributed by atoms with Gasteiger partial charge >= 0.3 is 0 Å². The Kier molecular flexibility index (Phi) is 5.88. The summed E-state index contributed by atoms with van der Waals surface area (Å²) in [5, 5.41) is 13.8. The Labute approximate surface area is 131 Å². The fourth-order valence-corrected chi connectivity index (χ4v) is 2.91. The van der Waals surface area contributed by atoms with E-state index >= 15 is 0 Å². The van der Waals surface area contributed by atoms with Crippen molar-refractivity contribution < 1.29 is 9.90 Å². The first kappa shape index (κ1) is 16.1. The molecule has 4 nitrogen and oxygen atoms in total. The number of amides is 1. The maximum Gasteiger partial charge on any atom is 0.257 e. The van der Waals surface area contributed by atoms with Gasteiger partial charge in [0.15, 0.2) is 0 Å². The molecule has 0 saturated carbocycles. The minimum absolute atomic E-state index is 0.0507. The first-order chi connectivity index (χ1) is 10.1. The average Bonchev–Trinajstić information content (AvgIpc) is 2.47. The molecule has 0 aromatic heterocycles. The summed E-state index contributed by atoms with van der Waals surface area (Å²) in [4.78, 5) is 14.5. The van der Waals surface area contributed by atoms with Gasteiger partial charge in [0, 0.05) is 24.2 Å². The summed E-state index contributed by atoms with van der Waals surface area (Å²) in [6.07, 6.45) is 4.40. The molecule has 1 aromatic carbocycles. The fraction of sp³-hybridized carbons (Fsp3) is 0.562. The molecule has 5 heteroatoms. The number of halogens is 1. The average molecular weight is 311 g/mol. The molecule has 116 valence electrons. The number of nitrogens with one attached hydrogen (secondary N) is 1. The Bertz CT molecular complexity index is 487. The van der Waals surface area contributed by atoms with E-state index in [1.807, 2.05) is 4.90 Å². The number of hydrogen-bond donors (Lipinski definition) is 2. The highest BCUT2D eigenvalue weighted by molar-refractivity contribution is 6.30. The molecular formula is C16H23ClN2O2. The zero-order valence-corrected chi connectivity index (χ0v) is 13.2. The third-order valence-corrected chi connectivity index (χ3v) is 4.06. The van der Waals surface area contributed by atoms with E-state index in [1.165, 1.54) is 18.9 Å². The van der Waals surface area contributed by atoms with Crippen LogP contribution in [0.3, 0.4) is 0 Å². The van der Waals surface area contributed by atoms with Crippen molar-refractivity contribution >= 4 is 17.5 Å². The second-order valence-electron chi connectivity index (χ2n) is 5.56. The second-order valence-corrected chi connectivity index (χ2v) is 6.00. The molecule has 1 aliphatic heterocycles. The number of hydrogen-bond acceptors (Lipinski definition) is 3. The first-order valence-corrected chi connectivity index (χ1v) is 8.00. The highest BCUT2D eigenvalue weighted by Gasteiger charge is 2.22. The van der Waals surface area contributed by atoms with E-state index in [4.69, 9.17) is 11.6 Å². The third-order valence-electron chi connectivity index (χ3n) is 3.82. The number of aromatic hydroxyl groups is 1. The maximum atomic E-state index is 12.6. The molecule has 1 aromatic rings. The molecule has 2 N–H and O–H groups in total. The molecule has 1 atom stereocenters. The lowest BCUT2D eigenvalue weighted by molar-refractivity contribution is 0.0728. The van der Waals surface area contributed by atoms with Gasteiger partial charge in [-0.25, -0.2) is 0 Å². The van der Waals surface area contributed by atoms with Gasteiger partial charge in [-0.1, -0.05) is 24.9 Å². The van der Waals surface area contributed by atoms with Gasteiger partial charge in [-0.2, -0.15) is 0 Å². The van der Waals surface area contributed by atoms with Crippen LogP contribution in [0.2, 0.25) is 5.02 Å². The van der Waals surface area contributed by atoms with E-state index in [-0.39, 0.29) is 11.7 Å². The number of phenolic OH excluding ortho intramolecular Hbond substituents is 1. The number of carbonyl (C=O) groups excluding carboxylic acids is 1. The van der Waals surface area contributed by atoms with Gasteiger partial charge in [0.05, 0.1) is 5.56 Å². The summed E-state index contributed by atoms with van der Waals surface area (Å²) in [6.45, 7) is 4.45. The van der Waals surface area contributed by atoms with Crippen LogP contribution in [0.15, 0.2) is 18.2 Å². The Morgan fingerprint density at radius 1 is 1.48 bits per heavy atom. The molecule has 0 spiro atoms. The zero-order chi connectivity index (χ0) is 15.2. The number of rotatable bonds is 5. The predicted molar refractivity (Wildman–Crippen MR) is 85.0 cm³/mol. The van der Waals surface area contributed by atoms with Crippen molar-refractivity contribution in [2.75, 3.05) is 19.6 Å². The van der Waals surface area contributed by atoms with Crippen molar-refractivity contribution in [1.29, 1.82) is 0 Å². The van der Waals surface area contributed by atoms with Gasteiger partial charge in [-0.05, 0) is 44.0 Å². The van der Waals surface area contributed by atoms with Gasteiger partial charge in [0.2, 0.25) is 0 Å². The van der Waals surface area contributed by atoms with Crippen molar-refractivity contribution in [2.24, 2.45) is 0 Å². The largest absolute Gasteiger partial charge is 0.507 e. The molecule has 1 fully saturated rings. The molecule has 21 heavy (non-hydrogen) atoms. The van der Waals surface area contributed by atoms with Crippen LogP contribution in [0.1, 0.15) is 43.0 Å². The first-order valence-electron chi connectivity index (χ1n) is 7.63. The smallest absolute Gasteiger partial charge is 0.257 e. The van der Waals surface area contributed by atoms with Gasteiger partial charge in [0.25, 0.3) is 5.91 Å². The molecule has 0 bridgehead atoms. The van der Waals surface area contributed by atoms with Crippen molar-refractivity contribution in [1.82, 2.24) is 10.2 Å². The van der Waals surface area contributed by atoms with E-state index in [9.17, 15) is 9.90 Å². The summed E-state index contributed by atoms with van der Waals surface area (Å²) < 4.78 is 0. The molecule has 1 amide bonds. The van der Waals surface area contributed by atoms with Crippen molar-refractivity contribution in [2.45, 2.75) is 38.6 Å². The minimum Gasteiger partial charge on any atom is -0.507 e. The number of nitrogens with zero attached hydrogens (tertiary/aromatic N) is 1. The third kappa shape index (κ3) is 4.35. The summed E-state index contributed by atoms with van der Waals surface area (Å²) >= 11 is 5.82. The summed E-state index contributed by atoms with van der Waals surface area (Å²) in [7, 11) is 0. The highest BCUT2D eigenvalue weighted by Crippen LogP contribution is 2.23. The normalized spacial score (nSPS) is 18.5. The standard InChI is InChI=1S/C16H23ClN2O2/c1-2-9-19(11-13-5-3-4-8-18-13)16(21)14-7-6-12(17)10-15(14)20/h6-7,10,13,18,20H,2-5,8-9,11H2,1H3. The monoisotopic (exact) mass is 310 g/mol. The van der Waals surface area contributed by atoms with Crippen LogP contribution in [-0.4, -0.2) is 41.6 Å². The Morgan fingerprint density at radius 2 is 2.29 bits per heavy atom. The number of phenols is 1. The molecule has 2 rings (SSSR count). The second kappa shape index (κ2) is 7.66. The van der Waals surface area contributed by atoms with Crippen LogP contribution in [0.5, 0.6) is 5.75 Å². The number of piperidine rings is 1. The van der Waals surface area contributed by atoms with E-state index in [1.54, 1.807) is 12.1 Å². The van der Waals surface area contributed by atoms with Gasteiger partial charge in [-0.3, -0.25) is 4.79 Å². The van der Waals surface area contributed by atoms with Crippen LogP contribution in [0.25, 0.3) is 0 Å². The molecule has 1 aliphatic rings. The number of carbonyl (C=O) groups is 1. The quantitative estimate of drug-likeness (QED) is 0.879. The van der Waals surface area contributed by atoms with Crippen molar-refractivity contribution in [3.05, 3.63) is 28.8 Å². The molecule has 0 aliphatic carbocycles. The van der Waals surface area contributed by atoms with E-state index < -0.39 is 0 Å². The lowest BCUT2D eigenvalue weighted by Gasteiger charge is -2.30. The molecule has 1 saturated heterocycles. The van der Waals surface area contributed by atoms with E-state index in [0.29, 0.717) is 29.7 Å². The van der Waals surface area contributed by atoms with Gasteiger partial charge < -0.3 is 15.3 Å². The SMILES string of the molecule is CCCN(CC1CCCCN1)C(=O)c1ccc(Cl)cc1O. The molecular weight excluding hydrogens is 288 g/mol. The van der Waals surface area contributed by atoms with Crippen molar-refractivity contribution in [3.8, 4) is 5.75 Å². The van der Waals surface area contributed by atoms with Crippen LogP contribution in [0, 0.1) is 0 Å². The van der Waals surface area contributed by atoms with Crippen LogP contribution in [0.4, 0.5) is 0 Å². The predicted octanol–water partition coefficient (Wildman–Crippen LogP) is 3.04. The Balaban J connectivity index is 2.10. The fourth-order valence-electron chi connectivity index (χ4n) is 2.75. The van der Waals surface area contributed by atoms with Crippen molar-refractivity contribution in [3.63, 3.8) is 0 Å². The van der Waals surface area contributed by atoms with E-state index in [0.717, 1.165) is 19.4 Å². The number of benzene rings is 1. The summed E-state index contributed by atoms with van der Waals surface area (Å²) in [5.41, 5.74) is 0.323. The van der Waals surface area contributed by atoms with Gasteiger partial charge in [0.1, 0.15) is 5.75 Å². The maximum absolute atomic E-state index is 12.6. The highest BCUT2D eigenvalue weighted by atomic mass is 35.5. The van der Waals surface area contributed by atoms with Crippen LogP contribution in [-0.2, 0) is 0 Å². The van der Waals surface area contributed by atoms with Crippen LogP contribution >= 0.6 is 11.6 Å². The van der Waals surface area contributed by atoms with E-state index in [2.05, 4.69) is 12.2 Å². The Hall–Kier alpha value is -1.26. The summed E-state index contributed by atoms with van der Waals surface area (Å²) in [6, 6.07) is 5.00. The minimum atomic E-state index is -0.126. The molecule has 1 unspecified atom stereocenters. The van der Waals surface area contributed by atoms with Crippen LogP contribution < -0.4 is 5.32 Å². The molecule has 0 radical (unpaired) electrons. The summed E-state index contributed by atoms with van der Waals surface area (Å²) in [5.74, 6) is -0.177.